The highest BCUT2D eigenvalue weighted by Crippen LogP contribution is 2.61. The number of carbonyl (C=O) groups is 2. The van der Waals surface area contributed by atoms with Crippen LogP contribution in [0.3, 0.4) is 0 Å². The van der Waals surface area contributed by atoms with Gasteiger partial charge in [0.1, 0.15) is 0 Å². The van der Waals surface area contributed by atoms with Gasteiger partial charge < -0.3 is 5.11 Å². The molecule has 1 amide bonds. The SMILES string of the molecule is O=C(O)c1ccc(C(=O)NOCCC23CC4CC(CC(C4)C2)C3)cc1. The maximum Gasteiger partial charge on any atom is 0.335 e. The molecule has 0 saturated heterocycles. The van der Waals surface area contributed by atoms with Crippen LogP contribution < -0.4 is 5.48 Å². The summed E-state index contributed by atoms with van der Waals surface area (Å²) in [6, 6.07) is 5.85. The molecule has 0 atom stereocenters. The van der Waals surface area contributed by atoms with Gasteiger partial charge in [-0.05, 0) is 92.4 Å². The second-order valence-corrected chi connectivity index (χ2v) is 8.33. The number of hydroxylamine groups is 1. The van der Waals surface area contributed by atoms with Crippen LogP contribution in [0.15, 0.2) is 24.3 Å². The van der Waals surface area contributed by atoms with Crippen LogP contribution in [0.5, 0.6) is 0 Å². The number of aromatic carboxylic acids is 1. The molecule has 0 spiro atoms. The van der Waals surface area contributed by atoms with Crippen molar-refractivity contribution in [1.29, 1.82) is 0 Å². The van der Waals surface area contributed by atoms with Crippen molar-refractivity contribution in [1.82, 2.24) is 5.48 Å². The summed E-state index contributed by atoms with van der Waals surface area (Å²) < 4.78 is 0. The summed E-state index contributed by atoms with van der Waals surface area (Å²) in [6.07, 6.45) is 9.34. The van der Waals surface area contributed by atoms with Crippen molar-refractivity contribution in [3.05, 3.63) is 35.4 Å². The fourth-order valence-corrected chi connectivity index (χ4v) is 5.80. The lowest BCUT2D eigenvalue weighted by Gasteiger charge is -2.57. The first kappa shape index (κ1) is 16.6. The maximum atomic E-state index is 12.1. The molecule has 4 aliphatic rings. The second kappa shape index (κ2) is 6.45. The first-order valence-electron chi connectivity index (χ1n) is 9.28. The summed E-state index contributed by atoms with van der Waals surface area (Å²) in [5.41, 5.74) is 3.51. The number of carboxylic acid groups (broad SMARTS) is 1. The molecular weight excluding hydrogens is 318 g/mol. The highest BCUT2D eigenvalue weighted by Gasteiger charge is 2.50. The van der Waals surface area contributed by atoms with Crippen LogP contribution in [0.1, 0.15) is 65.7 Å². The van der Waals surface area contributed by atoms with Gasteiger partial charge in [0.05, 0.1) is 12.2 Å². The fourth-order valence-electron chi connectivity index (χ4n) is 5.80. The smallest absolute Gasteiger partial charge is 0.335 e. The second-order valence-electron chi connectivity index (χ2n) is 8.33. The molecule has 0 radical (unpaired) electrons. The molecular formula is C20H25NO4. The van der Waals surface area contributed by atoms with Gasteiger partial charge in [-0.2, -0.15) is 0 Å². The topological polar surface area (TPSA) is 75.6 Å². The number of carbonyl (C=O) groups excluding carboxylic acids is 1. The first-order valence-corrected chi connectivity index (χ1v) is 9.28. The van der Waals surface area contributed by atoms with Crippen molar-refractivity contribution < 1.29 is 19.5 Å². The Hall–Kier alpha value is -1.88. The van der Waals surface area contributed by atoms with Gasteiger partial charge in [0.2, 0.25) is 0 Å². The number of nitrogens with one attached hydrogen (secondary N) is 1. The van der Waals surface area contributed by atoms with Gasteiger partial charge in [-0.1, -0.05) is 0 Å². The summed E-state index contributed by atoms with van der Waals surface area (Å²) in [5, 5.41) is 8.88. The Bertz CT molecular complexity index is 631. The number of rotatable bonds is 6. The van der Waals surface area contributed by atoms with Crippen LogP contribution in [0.4, 0.5) is 0 Å². The quantitative estimate of drug-likeness (QED) is 0.611. The summed E-state index contributed by atoms with van der Waals surface area (Å²) in [7, 11) is 0. The maximum absolute atomic E-state index is 12.1. The highest BCUT2D eigenvalue weighted by molar-refractivity contribution is 5.95. The number of hydrogen-bond donors (Lipinski definition) is 2. The van der Waals surface area contributed by atoms with Gasteiger partial charge in [-0.3, -0.25) is 9.63 Å². The van der Waals surface area contributed by atoms with Crippen molar-refractivity contribution >= 4 is 11.9 Å². The van der Waals surface area contributed by atoms with Crippen molar-refractivity contribution in [2.45, 2.75) is 44.9 Å². The summed E-state index contributed by atoms with van der Waals surface area (Å²) >= 11 is 0. The van der Waals surface area contributed by atoms with Gasteiger partial charge in [0, 0.05) is 5.56 Å². The van der Waals surface area contributed by atoms with Crippen LogP contribution in [0, 0.1) is 23.2 Å². The molecule has 5 nitrogen and oxygen atoms in total. The van der Waals surface area contributed by atoms with E-state index in [9.17, 15) is 9.59 Å². The van der Waals surface area contributed by atoms with Crippen LogP contribution in [0.25, 0.3) is 0 Å². The van der Waals surface area contributed by atoms with Gasteiger partial charge >= 0.3 is 5.97 Å². The fraction of sp³-hybridized carbons (Fsp3) is 0.600. The van der Waals surface area contributed by atoms with Crippen molar-refractivity contribution in [2.75, 3.05) is 6.61 Å². The van der Waals surface area contributed by atoms with E-state index in [1.165, 1.54) is 62.8 Å². The van der Waals surface area contributed by atoms with E-state index < -0.39 is 5.97 Å². The van der Waals surface area contributed by atoms with E-state index in [1.54, 1.807) is 0 Å². The van der Waals surface area contributed by atoms with E-state index in [0.29, 0.717) is 17.6 Å². The Morgan fingerprint density at radius 2 is 1.52 bits per heavy atom. The van der Waals surface area contributed by atoms with E-state index >= 15 is 0 Å². The van der Waals surface area contributed by atoms with Gasteiger partial charge in [0.25, 0.3) is 5.91 Å². The molecule has 4 aliphatic carbocycles. The third kappa shape index (κ3) is 3.43. The molecule has 0 heterocycles. The van der Waals surface area contributed by atoms with E-state index in [2.05, 4.69) is 5.48 Å². The number of amides is 1. The lowest BCUT2D eigenvalue weighted by Crippen LogP contribution is -2.46. The van der Waals surface area contributed by atoms with Crippen molar-refractivity contribution in [3.63, 3.8) is 0 Å². The third-order valence-corrected chi connectivity index (χ3v) is 6.46. The molecule has 25 heavy (non-hydrogen) atoms. The average Bonchev–Trinajstić information content (AvgIpc) is 2.57. The van der Waals surface area contributed by atoms with Crippen molar-refractivity contribution in [3.8, 4) is 0 Å². The molecule has 1 aromatic rings. The molecule has 0 aliphatic heterocycles. The number of hydrogen-bond acceptors (Lipinski definition) is 3. The predicted molar refractivity (Wildman–Crippen MR) is 92.0 cm³/mol. The Kier molecular flexibility index (Phi) is 4.28. The van der Waals surface area contributed by atoms with Gasteiger partial charge in [-0.25, -0.2) is 10.3 Å². The van der Waals surface area contributed by atoms with Crippen LogP contribution in [0.2, 0.25) is 0 Å². The van der Waals surface area contributed by atoms with E-state index in [4.69, 9.17) is 9.94 Å². The molecule has 0 aromatic heterocycles. The molecule has 1 aromatic carbocycles. The van der Waals surface area contributed by atoms with Crippen LogP contribution in [-0.2, 0) is 4.84 Å². The average molecular weight is 343 g/mol. The molecule has 4 saturated carbocycles. The third-order valence-electron chi connectivity index (χ3n) is 6.46. The molecule has 5 rings (SSSR count). The van der Waals surface area contributed by atoms with Gasteiger partial charge in [-0.15, -0.1) is 0 Å². The number of benzene rings is 1. The molecule has 4 bridgehead atoms. The molecule has 4 fully saturated rings. The lowest BCUT2D eigenvalue weighted by molar-refractivity contribution is -0.0751. The minimum Gasteiger partial charge on any atom is -0.478 e. The summed E-state index contributed by atoms with van der Waals surface area (Å²) in [6.45, 7) is 0.547. The predicted octanol–water partition coefficient (Wildman–Crippen LogP) is 3.65. The Morgan fingerprint density at radius 3 is 2.04 bits per heavy atom. The number of carboxylic acids is 1. The highest BCUT2D eigenvalue weighted by atomic mass is 16.6. The molecule has 134 valence electrons. The summed E-state index contributed by atoms with van der Waals surface area (Å²) in [5.74, 6) is 1.44. The van der Waals surface area contributed by atoms with E-state index in [-0.39, 0.29) is 11.5 Å². The first-order chi connectivity index (χ1) is 12.0. The van der Waals surface area contributed by atoms with E-state index in [1.807, 2.05) is 0 Å². The zero-order chi connectivity index (χ0) is 17.4. The lowest BCUT2D eigenvalue weighted by atomic mass is 9.49. The normalized spacial score (nSPS) is 32.6. The van der Waals surface area contributed by atoms with Crippen LogP contribution in [-0.4, -0.2) is 23.6 Å². The minimum absolute atomic E-state index is 0.166. The van der Waals surface area contributed by atoms with E-state index in [0.717, 1.165) is 24.2 Å². The largest absolute Gasteiger partial charge is 0.478 e. The summed E-state index contributed by atoms with van der Waals surface area (Å²) in [4.78, 5) is 28.3. The molecule has 2 N–H and O–H groups in total. The molecule has 5 heteroatoms. The zero-order valence-electron chi connectivity index (χ0n) is 14.4. The van der Waals surface area contributed by atoms with Crippen LogP contribution >= 0.6 is 0 Å². The standard InChI is InChI=1S/C20H25NO4/c22-18(16-1-3-17(4-2-16)19(23)24)21-25-6-5-20-10-13-7-14(11-20)9-15(8-13)12-20/h1-4,13-15H,5-12H2,(H,21,22)(H,23,24). The Morgan fingerprint density at radius 1 is 1.00 bits per heavy atom. The Balaban J connectivity index is 1.25. The minimum atomic E-state index is -1.00. The van der Waals surface area contributed by atoms with Gasteiger partial charge in [0.15, 0.2) is 0 Å². The zero-order valence-corrected chi connectivity index (χ0v) is 14.4. The molecule has 0 unspecified atom stereocenters. The Labute approximate surface area is 147 Å². The van der Waals surface area contributed by atoms with Crippen molar-refractivity contribution in [2.24, 2.45) is 23.2 Å². The monoisotopic (exact) mass is 343 g/mol.